The summed E-state index contributed by atoms with van der Waals surface area (Å²) in [4.78, 5) is 2.17. The first kappa shape index (κ1) is 20.4. The average Bonchev–Trinajstić information content (AvgIpc) is 2.61. The van der Waals surface area contributed by atoms with Gasteiger partial charge in [0.15, 0.2) is 11.6 Å². The highest BCUT2D eigenvalue weighted by Crippen LogP contribution is 2.26. The molecule has 0 aliphatic carbocycles. The lowest BCUT2D eigenvalue weighted by Gasteiger charge is -2.34. The Morgan fingerprint density at radius 2 is 1.67 bits per heavy atom. The minimum atomic E-state index is -3.66. The van der Waals surface area contributed by atoms with Crippen LogP contribution >= 0.6 is 23.2 Å². The molecule has 0 unspecified atom stereocenters. The fraction of sp³-hybridized carbons (Fsp3) is 0.333. The van der Waals surface area contributed by atoms with E-state index in [1.54, 1.807) is 12.1 Å². The van der Waals surface area contributed by atoms with Gasteiger partial charge in [-0.3, -0.25) is 4.90 Å². The molecule has 0 amide bonds. The summed E-state index contributed by atoms with van der Waals surface area (Å²) in [5, 5.41) is 0.558. The Bertz CT molecular complexity index is 912. The normalized spacial score (nSPS) is 16.4. The van der Waals surface area contributed by atoms with Crippen molar-refractivity contribution in [3.8, 4) is 5.75 Å². The topological polar surface area (TPSA) is 49.9 Å². The first-order valence-electron chi connectivity index (χ1n) is 8.30. The number of ether oxygens (including phenoxy) is 1. The van der Waals surface area contributed by atoms with E-state index in [9.17, 15) is 12.8 Å². The summed E-state index contributed by atoms with van der Waals surface area (Å²) in [7, 11) is -2.24. The fourth-order valence-electron chi connectivity index (χ4n) is 3.02. The molecule has 1 saturated heterocycles. The van der Waals surface area contributed by atoms with Gasteiger partial charge in [0.25, 0.3) is 0 Å². The van der Waals surface area contributed by atoms with Crippen molar-refractivity contribution in [2.24, 2.45) is 0 Å². The van der Waals surface area contributed by atoms with Crippen LogP contribution in [-0.2, 0) is 16.6 Å². The van der Waals surface area contributed by atoms with E-state index in [1.807, 2.05) is 0 Å². The van der Waals surface area contributed by atoms with E-state index >= 15 is 0 Å². The molecule has 0 aromatic heterocycles. The number of halogens is 3. The molecule has 0 radical (unpaired) electrons. The smallest absolute Gasteiger partial charge is 0.243 e. The van der Waals surface area contributed by atoms with Gasteiger partial charge in [-0.2, -0.15) is 4.31 Å². The molecule has 0 atom stereocenters. The molecule has 1 heterocycles. The number of sulfonamides is 1. The second kappa shape index (κ2) is 8.32. The second-order valence-corrected chi connectivity index (χ2v) is 9.07. The quantitative estimate of drug-likeness (QED) is 0.723. The fourth-order valence-corrected chi connectivity index (χ4v) is 5.17. The maximum Gasteiger partial charge on any atom is 0.243 e. The van der Waals surface area contributed by atoms with E-state index in [0.29, 0.717) is 32.7 Å². The van der Waals surface area contributed by atoms with E-state index in [4.69, 9.17) is 27.9 Å². The van der Waals surface area contributed by atoms with Crippen LogP contribution in [0.5, 0.6) is 5.75 Å². The molecule has 5 nitrogen and oxygen atoms in total. The number of nitrogens with zero attached hydrogens (tertiary/aromatic N) is 2. The van der Waals surface area contributed by atoms with E-state index < -0.39 is 15.8 Å². The Morgan fingerprint density at radius 3 is 2.22 bits per heavy atom. The molecular weight excluding hydrogens is 414 g/mol. The Morgan fingerprint density at radius 1 is 1.04 bits per heavy atom. The molecule has 3 rings (SSSR count). The van der Waals surface area contributed by atoms with Crippen LogP contribution in [0.25, 0.3) is 0 Å². The van der Waals surface area contributed by atoms with Crippen LogP contribution in [0.15, 0.2) is 41.3 Å². The Balaban J connectivity index is 1.65. The van der Waals surface area contributed by atoms with Crippen molar-refractivity contribution >= 4 is 33.2 Å². The van der Waals surface area contributed by atoms with Crippen LogP contribution in [0.4, 0.5) is 4.39 Å². The Labute approximate surface area is 168 Å². The highest BCUT2D eigenvalue weighted by molar-refractivity contribution is 7.89. The molecule has 1 fully saturated rings. The lowest BCUT2D eigenvalue weighted by molar-refractivity contribution is 0.181. The average molecular weight is 433 g/mol. The van der Waals surface area contributed by atoms with Gasteiger partial charge >= 0.3 is 0 Å². The highest BCUT2D eigenvalue weighted by atomic mass is 35.5. The number of methoxy groups -OCH3 is 1. The van der Waals surface area contributed by atoms with Crippen molar-refractivity contribution in [2.45, 2.75) is 11.4 Å². The summed E-state index contributed by atoms with van der Waals surface area (Å²) in [5.74, 6) is -0.205. The number of rotatable bonds is 5. The van der Waals surface area contributed by atoms with Crippen LogP contribution < -0.4 is 4.74 Å². The Kier molecular flexibility index (Phi) is 6.28. The van der Waals surface area contributed by atoms with Crippen LogP contribution in [0.3, 0.4) is 0 Å². The molecule has 0 N–H and O–H groups in total. The van der Waals surface area contributed by atoms with Crippen LogP contribution in [0.1, 0.15) is 5.56 Å². The largest absolute Gasteiger partial charge is 0.494 e. The van der Waals surface area contributed by atoms with Crippen molar-refractivity contribution in [2.75, 3.05) is 33.3 Å². The van der Waals surface area contributed by atoms with E-state index in [2.05, 4.69) is 4.90 Å². The van der Waals surface area contributed by atoms with Gasteiger partial charge in [0.05, 0.1) is 12.0 Å². The van der Waals surface area contributed by atoms with E-state index in [-0.39, 0.29) is 20.7 Å². The lowest BCUT2D eigenvalue weighted by atomic mass is 10.2. The second-order valence-electron chi connectivity index (χ2n) is 6.25. The molecular formula is C18H19Cl2FN2O3S. The predicted molar refractivity (Wildman–Crippen MR) is 103 cm³/mol. The molecule has 2 aromatic rings. The first-order valence-corrected chi connectivity index (χ1v) is 10.5. The highest BCUT2D eigenvalue weighted by Gasteiger charge is 2.29. The van der Waals surface area contributed by atoms with Crippen molar-refractivity contribution < 1.29 is 17.5 Å². The van der Waals surface area contributed by atoms with Crippen molar-refractivity contribution in [3.63, 3.8) is 0 Å². The predicted octanol–water partition coefficient (Wildman–Crippen LogP) is 3.65. The number of hydrogen-bond donors (Lipinski definition) is 0. The minimum Gasteiger partial charge on any atom is -0.494 e. The van der Waals surface area contributed by atoms with Crippen molar-refractivity contribution in [1.29, 1.82) is 0 Å². The maximum atomic E-state index is 13.8. The summed E-state index contributed by atoms with van der Waals surface area (Å²) < 4.78 is 45.8. The molecule has 1 aliphatic heterocycles. The molecule has 0 saturated carbocycles. The summed E-state index contributed by atoms with van der Waals surface area (Å²) in [6, 6.07) is 9.13. The monoisotopic (exact) mass is 432 g/mol. The van der Waals surface area contributed by atoms with Crippen molar-refractivity contribution in [1.82, 2.24) is 9.21 Å². The van der Waals surface area contributed by atoms with Crippen LogP contribution in [0.2, 0.25) is 10.0 Å². The van der Waals surface area contributed by atoms with Gasteiger partial charge in [-0.05, 0) is 35.9 Å². The molecule has 2 aromatic carbocycles. The van der Waals surface area contributed by atoms with E-state index in [0.717, 1.165) is 5.56 Å². The van der Waals surface area contributed by atoms with Gasteiger partial charge in [-0.15, -0.1) is 0 Å². The first-order chi connectivity index (χ1) is 12.8. The molecule has 146 valence electrons. The Hall–Kier alpha value is -1.38. The third kappa shape index (κ3) is 4.73. The van der Waals surface area contributed by atoms with Crippen LogP contribution in [0, 0.1) is 5.82 Å². The van der Waals surface area contributed by atoms with E-state index in [1.165, 1.54) is 35.7 Å². The summed E-state index contributed by atoms with van der Waals surface area (Å²) >= 11 is 11.9. The van der Waals surface area contributed by atoms with Gasteiger partial charge in [0, 0.05) is 42.8 Å². The summed E-state index contributed by atoms with van der Waals surface area (Å²) in [6.07, 6.45) is 0. The molecule has 27 heavy (non-hydrogen) atoms. The van der Waals surface area contributed by atoms with Gasteiger partial charge in [-0.1, -0.05) is 29.3 Å². The van der Waals surface area contributed by atoms with Gasteiger partial charge in [-0.25, -0.2) is 12.8 Å². The standard InChI is InChI=1S/C18H19Cl2FN2O3S/c1-26-18-3-2-13(8-17(18)21)12-22-4-6-23(7-5-22)27(24,25)16-10-14(19)9-15(20)11-16/h2-3,8-11H,4-7,12H2,1H3. The third-order valence-electron chi connectivity index (χ3n) is 4.43. The zero-order valence-corrected chi connectivity index (χ0v) is 17.0. The molecule has 9 heteroatoms. The van der Waals surface area contributed by atoms with Gasteiger partial charge < -0.3 is 4.74 Å². The minimum absolute atomic E-state index is 0.0886. The maximum absolute atomic E-state index is 13.8. The zero-order chi connectivity index (χ0) is 19.6. The number of benzene rings is 2. The van der Waals surface area contributed by atoms with Gasteiger partial charge in [0.2, 0.25) is 10.0 Å². The number of piperazine rings is 1. The third-order valence-corrected chi connectivity index (χ3v) is 6.74. The molecule has 0 bridgehead atoms. The number of hydrogen-bond acceptors (Lipinski definition) is 4. The SMILES string of the molecule is COc1ccc(CN2CCN(S(=O)(=O)c3cc(Cl)cc(Cl)c3)CC2)cc1F. The zero-order valence-electron chi connectivity index (χ0n) is 14.7. The van der Waals surface area contributed by atoms with Crippen LogP contribution in [-0.4, -0.2) is 50.9 Å². The lowest BCUT2D eigenvalue weighted by Crippen LogP contribution is -2.48. The summed E-state index contributed by atoms with van der Waals surface area (Å²) in [6.45, 7) is 2.30. The van der Waals surface area contributed by atoms with Gasteiger partial charge in [0.1, 0.15) is 0 Å². The molecule has 0 spiro atoms. The summed E-state index contributed by atoms with van der Waals surface area (Å²) in [5.41, 5.74) is 0.811. The molecule has 1 aliphatic rings. The van der Waals surface area contributed by atoms with Crippen molar-refractivity contribution in [3.05, 3.63) is 57.8 Å².